The van der Waals surface area contributed by atoms with E-state index < -0.39 is 43.8 Å². The van der Waals surface area contributed by atoms with Crippen LogP contribution in [0.25, 0.3) is 0 Å². The molecule has 1 fully saturated rings. The lowest BCUT2D eigenvalue weighted by atomic mass is 9.98. The first kappa shape index (κ1) is 31.1. The molecule has 41 heavy (non-hydrogen) atoms. The van der Waals surface area contributed by atoms with E-state index in [1.165, 1.54) is 21.1 Å². The first-order valence-corrected chi connectivity index (χ1v) is 15.0. The molecule has 0 radical (unpaired) electrons. The molecule has 3 aromatic carbocycles. The number of esters is 1. The molecule has 0 amide bonds. The smallest absolute Gasteiger partial charge is 0.361 e. The number of carbonyl (C=O) groups excluding carboxylic acids is 1. The van der Waals surface area contributed by atoms with Crippen molar-refractivity contribution >= 4 is 13.6 Å². The Morgan fingerprint density at radius 3 is 1.51 bits per heavy atom. The molecule has 0 spiro atoms. The normalized spacial score (nSPS) is 22.8. The van der Waals surface area contributed by atoms with Gasteiger partial charge in [0.05, 0.1) is 19.8 Å². The molecule has 1 heterocycles. The van der Waals surface area contributed by atoms with Crippen LogP contribution in [-0.2, 0) is 61.9 Å². The molecule has 4 rings (SSSR count). The van der Waals surface area contributed by atoms with E-state index >= 15 is 0 Å². The maximum absolute atomic E-state index is 13.9. The van der Waals surface area contributed by atoms with E-state index in [0.717, 1.165) is 16.7 Å². The molecule has 0 bridgehead atoms. The molecule has 0 N–H and O–H groups in total. The van der Waals surface area contributed by atoms with Crippen LogP contribution in [0, 0.1) is 0 Å². The van der Waals surface area contributed by atoms with E-state index in [1.807, 2.05) is 91.0 Å². The maximum atomic E-state index is 13.9. The van der Waals surface area contributed by atoms with E-state index in [1.54, 1.807) is 0 Å². The molecule has 0 unspecified atom stereocenters. The van der Waals surface area contributed by atoms with Gasteiger partial charge in [-0.2, -0.15) is 0 Å². The van der Waals surface area contributed by atoms with E-state index in [9.17, 15) is 9.36 Å². The summed E-state index contributed by atoms with van der Waals surface area (Å²) in [5.41, 5.74) is 2.77. The van der Waals surface area contributed by atoms with Gasteiger partial charge in [0.2, 0.25) is 0 Å². The second-order valence-corrected chi connectivity index (χ2v) is 11.9. The Morgan fingerprint density at radius 2 is 1.10 bits per heavy atom. The Balaban J connectivity index is 1.71. The minimum Gasteiger partial charge on any atom is -0.463 e. The third-order valence-corrected chi connectivity index (χ3v) is 8.79. The molecule has 0 aliphatic carbocycles. The van der Waals surface area contributed by atoms with Crippen LogP contribution in [0.3, 0.4) is 0 Å². The first-order chi connectivity index (χ1) is 19.9. The van der Waals surface area contributed by atoms with Gasteiger partial charge in [-0.05, 0) is 16.7 Å². The molecule has 0 saturated carbocycles. The van der Waals surface area contributed by atoms with Crippen LogP contribution in [0.4, 0.5) is 0 Å². The van der Waals surface area contributed by atoms with Crippen LogP contribution in [0.1, 0.15) is 23.6 Å². The van der Waals surface area contributed by atoms with Crippen LogP contribution in [-0.4, -0.2) is 57.1 Å². The average molecular weight is 585 g/mol. The van der Waals surface area contributed by atoms with Crippen molar-refractivity contribution < 1.29 is 42.1 Å². The fourth-order valence-corrected chi connectivity index (χ4v) is 6.12. The highest BCUT2D eigenvalue weighted by Gasteiger charge is 2.56. The van der Waals surface area contributed by atoms with Gasteiger partial charge in [-0.3, -0.25) is 9.36 Å². The molecule has 10 heteroatoms. The average Bonchev–Trinajstić information content (AvgIpc) is 3.02. The van der Waals surface area contributed by atoms with Crippen LogP contribution < -0.4 is 0 Å². The predicted octanol–water partition coefficient (Wildman–Crippen LogP) is 5.52. The van der Waals surface area contributed by atoms with Gasteiger partial charge >= 0.3 is 13.6 Å². The molecule has 5 atom stereocenters. The Hall–Kier alpha value is -2.88. The largest absolute Gasteiger partial charge is 0.463 e. The van der Waals surface area contributed by atoms with Crippen LogP contribution in [0.2, 0.25) is 0 Å². The van der Waals surface area contributed by atoms with Gasteiger partial charge < -0.3 is 32.7 Å². The Morgan fingerprint density at radius 1 is 0.683 bits per heavy atom. The van der Waals surface area contributed by atoms with Crippen molar-refractivity contribution in [2.45, 2.75) is 57.0 Å². The lowest BCUT2D eigenvalue weighted by Gasteiger charge is -2.46. The molecule has 3 aromatic rings. The minimum atomic E-state index is -3.88. The lowest BCUT2D eigenvalue weighted by molar-refractivity contribution is -0.257. The van der Waals surface area contributed by atoms with Crippen molar-refractivity contribution in [3.63, 3.8) is 0 Å². The van der Waals surface area contributed by atoms with Crippen molar-refractivity contribution in [2.75, 3.05) is 20.8 Å². The van der Waals surface area contributed by atoms with E-state index in [4.69, 9.17) is 32.7 Å². The monoisotopic (exact) mass is 584 g/mol. The summed E-state index contributed by atoms with van der Waals surface area (Å²) in [4.78, 5) is 11.8. The van der Waals surface area contributed by atoms with Crippen molar-refractivity contribution in [1.29, 1.82) is 0 Å². The summed E-state index contributed by atoms with van der Waals surface area (Å²) in [5.74, 6) is -1.68. The number of hydrogen-bond donors (Lipinski definition) is 0. The van der Waals surface area contributed by atoms with Crippen LogP contribution >= 0.6 is 7.60 Å². The van der Waals surface area contributed by atoms with Gasteiger partial charge in [0.1, 0.15) is 31.0 Å². The molecular formula is C31H37O9P. The summed E-state index contributed by atoms with van der Waals surface area (Å²) in [5, 5.41) is 0. The first-order valence-electron chi connectivity index (χ1n) is 13.4. The zero-order valence-corrected chi connectivity index (χ0v) is 24.4. The summed E-state index contributed by atoms with van der Waals surface area (Å²) in [6.45, 7) is 1.79. The standard InChI is InChI=1S/C31H37O9P/c1-23(32)36-22-27-28(37-19-24-13-7-4-8-14-24)29(38-20-25-15-9-5-10-16-25)30(31(40-27)41(33,34-2)35-3)39-21-26-17-11-6-12-18-26/h4-18,27-31H,19-22H2,1-3H3/t27-,28-,29+,30-,31-/m1/s1. The summed E-state index contributed by atoms with van der Waals surface area (Å²) in [7, 11) is -1.29. The number of carbonyl (C=O) groups is 1. The van der Waals surface area contributed by atoms with Crippen molar-refractivity contribution in [2.24, 2.45) is 0 Å². The van der Waals surface area contributed by atoms with Gasteiger partial charge in [0.15, 0.2) is 5.85 Å². The zero-order valence-electron chi connectivity index (χ0n) is 23.5. The second-order valence-electron chi connectivity index (χ2n) is 9.56. The summed E-state index contributed by atoms with van der Waals surface area (Å²) < 4.78 is 55.7. The maximum Gasteiger partial charge on any atom is 0.361 e. The van der Waals surface area contributed by atoms with Crippen molar-refractivity contribution in [1.82, 2.24) is 0 Å². The molecule has 220 valence electrons. The quantitative estimate of drug-likeness (QED) is 0.179. The summed E-state index contributed by atoms with van der Waals surface area (Å²) >= 11 is 0. The fraction of sp³-hybridized carbons (Fsp3) is 0.387. The number of rotatable bonds is 14. The number of benzene rings is 3. The van der Waals surface area contributed by atoms with Crippen molar-refractivity contribution in [3.8, 4) is 0 Å². The van der Waals surface area contributed by atoms with Gasteiger partial charge in [0.25, 0.3) is 0 Å². The van der Waals surface area contributed by atoms with Crippen molar-refractivity contribution in [3.05, 3.63) is 108 Å². The lowest BCUT2D eigenvalue weighted by Crippen LogP contribution is -2.61. The Labute approximate surface area is 241 Å². The Bertz CT molecular complexity index is 1230. The second kappa shape index (κ2) is 15.4. The topological polar surface area (TPSA) is 98.8 Å². The van der Waals surface area contributed by atoms with E-state index in [2.05, 4.69) is 0 Å². The summed E-state index contributed by atoms with van der Waals surface area (Å²) in [6, 6.07) is 28.9. The van der Waals surface area contributed by atoms with Gasteiger partial charge in [-0.25, -0.2) is 0 Å². The number of ether oxygens (including phenoxy) is 5. The molecule has 1 aliphatic rings. The molecule has 1 saturated heterocycles. The van der Waals surface area contributed by atoms with Gasteiger partial charge in [-0.15, -0.1) is 0 Å². The predicted molar refractivity (Wildman–Crippen MR) is 152 cm³/mol. The third-order valence-electron chi connectivity index (χ3n) is 6.74. The highest BCUT2D eigenvalue weighted by atomic mass is 31.2. The molecule has 9 nitrogen and oxygen atoms in total. The highest BCUT2D eigenvalue weighted by Crippen LogP contribution is 2.56. The molecule has 1 aliphatic heterocycles. The zero-order chi connectivity index (χ0) is 29.1. The van der Waals surface area contributed by atoms with Gasteiger partial charge in [-0.1, -0.05) is 91.0 Å². The highest BCUT2D eigenvalue weighted by molar-refractivity contribution is 7.54. The van der Waals surface area contributed by atoms with Gasteiger partial charge in [0, 0.05) is 21.1 Å². The van der Waals surface area contributed by atoms with Crippen LogP contribution in [0.5, 0.6) is 0 Å². The van der Waals surface area contributed by atoms with Crippen LogP contribution in [0.15, 0.2) is 91.0 Å². The number of hydrogen-bond acceptors (Lipinski definition) is 9. The molecule has 0 aromatic heterocycles. The third kappa shape index (κ3) is 8.56. The summed E-state index contributed by atoms with van der Waals surface area (Å²) in [6.07, 6.45) is -3.36. The minimum absolute atomic E-state index is 0.157. The SMILES string of the molecule is COP(=O)(OC)[C@H]1O[C@H](COC(C)=O)[C@@H](OCc2ccccc2)[C@H](OCc2ccccc2)[C@H]1OCc1ccccc1. The Kier molecular flexibility index (Phi) is 11.7. The molecular weight excluding hydrogens is 547 g/mol. The van der Waals surface area contributed by atoms with E-state index in [-0.39, 0.29) is 26.4 Å². The van der Waals surface area contributed by atoms with E-state index in [0.29, 0.717) is 0 Å². The fourth-order valence-electron chi connectivity index (χ4n) is 4.63.